The number of aryl methyl sites for hydroxylation is 1. The Hall–Kier alpha value is -2.38. The fourth-order valence-corrected chi connectivity index (χ4v) is 4.44. The van der Waals surface area contributed by atoms with Crippen LogP contribution in [0, 0.1) is 6.92 Å². The van der Waals surface area contributed by atoms with E-state index in [9.17, 15) is 13.2 Å². The second kappa shape index (κ2) is 9.53. The molecule has 0 heterocycles. The summed E-state index contributed by atoms with van der Waals surface area (Å²) in [7, 11) is -3.55. The lowest BCUT2D eigenvalue weighted by Gasteiger charge is -2.20. The SMILES string of the molecule is CCN(CC)S(=O)(=O)c1cc(NCC(=O)NCc2ccccc2)ccc1C. The standard InChI is InChI=1S/C20H27N3O3S/c1-4-23(5-2)27(25,26)19-13-18(12-11-16(19)3)21-15-20(24)22-14-17-9-7-6-8-10-17/h6-13,21H,4-5,14-15H2,1-3H3,(H,22,24). The Labute approximate surface area is 161 Å². The van der Waals surface area contributed by atoms with Crippen LogP contribution in [-0.2, 0) is 21.4 Å². The molecular weight excluding hydrogens is 362 g/mol. The van der Waals surface area contributed by atoms with Gasteiger partial charge in [-0.2, -0.15) is 4.31 Å². The van der Waals surface area contributed by atoms with Gasteiger partial charge in [-0.25, -0.2) is 8.42 Å². The first-order valence-electron chi connectivity index (χ1n) is 9.03. The molecule has 0 aliphatic rings. The van der Waals surface area contributed by atoms with Gasteiger partial charge in [-0.15, -0.1) is 0 Å². The third-order valence-corrected chi connectivity index (χ3v) is 6.49. The van der Waals surface area contributed by atoms with Crippen molar-refractivity contribution in [3.05, 3.63) is 59.7 Å². The van der Waals surface area contributed by atoms with E-state index in [4.69, 9.17) is 0 Å². The van der Waals surface area contributed by atoms with Gasteiger partial charge in [-0.1, -0.05) is 50.2 Å². The Balaban J connectivity index is 2.02. The van der Waals surface area contributed by atoms with Crippen molar-refractivity contribution in [1.82, 2.24) is 9.62 Å². The Morgan fingerprint density at radius 2 is 1.70 bits per heavy atom. The molecule has 0 aliphatic heterocycles. The van der Waals surface area contributed by atoms with Crippen LogP contribution in [0.15, 0.2) is 53.4 Å². The number of nitrogens with one attached hydrogen (secondary N) is 2. The monoisotopic (exact) mass is 389 g/mol. The quantitative estimate of drug-likeness (QED) is 0.691. The molecule has 2 rings (SSSR count). The van der Waals surface area contributed by atoms with Gasteiger partial charge in [0.1, 0.15) is 0 Å². The molecule has 0 fully saturated rings. The molecule has 0 spiro atoms. The lowest BCUT2D eigenvalue weighted by molar-refractivity contribution is -0.119. The molecule has 0 saturated heterocycles. The van der Waals surface area contributed by atoms with Gasteiger partial charge < -0.3 is 10.6 Å². The zero-order valence-electron chi connectivity index (χ0n) is 16.0. The Bertz CT molecular complexity index is 863. The Kier molecular flexibility index (Phi) is 7.38. The molecule has 2 aromatic rings. The highest BCUT2D eigenvalue weighted by molar-refractivity contribution is 7.89. The Morgan fingerprint density at radius 3 is 2.33 bits per heavy atom. The predicted octanol–water partition coefficient (Wildman–Crippen LogP) is 2.75. The van der Waals surface area contributed by atoms with Gasteiger partial charge in [0, 0.05) is 25.3 Å². The van der Waals surface area contributed by atoms with E-state index < -0.39 is 10.0 Å². The fourth-order valence-electron chi connectivity index (χ4n) is 2.73. The zero-order chi connectivity index (χ0) is 19.9. The van der Waals surface area contributed by atoms with Gasteiger partial charge in [0.15, 0.2) is 0 Å². The molecule has 27 heavy (non-hydrogen) atoms. The maximum atomic E-state index is 12.8. The molecule has 146 valence electrons. The van der Waals surface area contributed by atoms with Crippen LogP contribution in [0.5, 0.6) is 0 Å². The minimum Gasteiger partial charge on any atom is -0.376 e. The molecule has 2 aromatic carbocycles. The molecule has 0 aliphatic carbocycles. The van der Waals surface area contributed by atoms with E-state index in [2.05, 4.69) is 10.6 Å². The van der Waals surface area contributed by atoms with Crippen LogP contribution in [0.2, 0.25) is 0 Å². The molecule has 0 aromatic heterocycles. The van der Waals surface area contributed by atoms with Gasteiger partial charge in [0.2, 0.25) is 15.9 Å². The van der Waals surface area contributed by atoms with E-state index in [1.165, 1.54) is 4.31 Å². The fraction of sp³-hybridized carbons (Fsp3) is 0.350. The molecule has 6 nitrogen and oxygen atoms in total. The summed E-state index contributed by atoms with van der Waals surface area (Å²) in [4.78, 5) is 12.3. The highest BCUT2D eigenvalue weighted by Crippen LogP contribution is 2.23. The largest absolute Gasteiger partial charge is 0.376 e. The van der Waals surface area contributed by atoms with Crippen molar-refractivity contribution < 1.29 is 13.2 Å². The molecule has 1 amide bonds. The van der Waals surface area contributed by atoms with E-state index in [-0.39, 0.29) is 17.3 Å². The topological polar surface area (TPSA) is 78.5 Å². The van der Waals surface area contributed by atoms with E-state index >= 15 is 0 Å². The van der Waals surface area contributed by atoms with Crippen molar-refractivity contribution in [2.45, 2.75) is 32.2 Å². The zero-order valence-corrected chi connectivity index (χ0v) is 16.8. The number of carbonyl (C=O) groups is 1. The summed E-state index contributed by atoms with van der Waals surface area (Å²) in [6, 6.07) is 14.8. The summed E-state index contributed by atoms with van der Waals surface area (Å²) in [5.41, 5.74) is 2.30. The summed E-state index contributed by atoms with van der Waals surface area (Å²) >= 11 is 0. The first-order chi connectivity index (χ1) is 12.9. The van der Waals surface area contributed by atoms with Gasteiger partial charge >= 0.3 is 0 Å². The van der Waals surface area contributed by atoms with Gasteiger partial charge in [-0.05, 0) is 30.2 Å². The molecule has 0 unspecified atom stereocenters. The number of sulfonamides is 1. The van der Waals surface area contributed by atoms with Crippen molar-refractivity contribution in [3.8, 4) is 0 Å². The first-order valence-corrected chi connectivity index (χ1v) is 10.5. The number of rotatable bonds is 9. The molecule has 7 heteroatoms. The van der Waals surface area contributed by atoms with Gasteiger partial charge in [0.05, 0.1) is 11.4 Å². The van der Waals surface area contributed by atoms with E-state index in [1.54, 1.807) is 25.1 Å². The van der Waals surface area contributed by atoms with Crippen LogP contribution in [0.3, 0.4) is 0 Å². The molecule has 0 bridgehead atoms. The number of carbonyl (C=O) groups excluding carboxylic acids is 1. The third kappa shape index (κ3) is 5.55. The molecular formula is C20H27N3O3S. The van der Waals surface area contributed by atoms with Crippen LogP contribution in [0.1, 0.15) is 25.0 Å². The normalized spacial score (nSPS) is 11.4. The van der Waals surface area contributed by atoms with E-state index in [1.807, 2.05) is 44.2 Å². The van der Waals surface area contributed by atoms with Gasteiger partial charge in [0.25, 0.3) is 0 Å². The van der Waals surface area contributed by atoms with Crippen LogP contribution >= 0.6 is 0 Å². The van der Waals surface area contributed by atoms with Crippen LogP contribution < -0.4 is 10.6 Å². The maximum absolute atomic E-state index is 12.8. The molecule has 0 saturated carbocycles. The van der Waals surface area contributed by atoms with Crippen molar-refractivity contribution in [2.24, 2.45) is 0 Å². The van der Waals surface area contributed by atoms with Crippen LogP contribution in [0.4, 0.5) is 5.69 Å². The minimum atomic E-state index is -3.55. The van der Waals surface area contributed by atoms with Gasteiger partial charge in [-0.3, -0.25) is 4.79 Å². The summed E-state index contributed by atoms with van der Waals surface area (Å²) in [5.74, 6) is -0.160. The molecule has 2 N–H and O–H groups in total. The summed E-state index contributed by atoms with van der Waals surface area (Å²) < 4.78 is 27.0. The second-order valence-corrected chi connectivity index (χ2v) is 8.09. The number of amides is 1. The number of hydrogen-bond acceptors (Lipinski definition) is 4. The highest BCUT2D eigenvalue weighted by Gasteiger charge is 2.23. The summed E-state index contributed by atoms with van der Waals surface area (Å²) in [6.45, 7) is 6.75. The van der Waals surface area contributed by atoms with Crippen molar-refractivity contribution >= 4 is 21.6 Å². The van der Waals surface area contributed by atoms with Crippen LogP contribution in [0.25, 0.3) is 0 Å². The molecule has 0 atom stereocenters. The molecule has 0 radical (unpaired) electrons. The summed E-state index contributed by atoms with van der Waals surface area (Å²) in [6.07, 6.45) is 0. The maximum Gasteiger partial charge on any atom is 0.243 e. The predicted molar refractivity (Wildman–Crippen MR) is 108 cm³/mol. The third-order valence-electron chi connectivity index (χ3n) is 4.30. The number of nitrogens with zero attached hydrogens (tertiary/aromatic N) is 1. The Morgan fingerprint density at radius 1 is 1.04 bits per heavy atom. The minimum absolute atomic E-state index is 0.0701. The number of benzene rings is 2. The lowest BCUT2D eigenvalue weighted by atomic mass is 10.2. The van der Waals surface area contributed by atoms with E-state index in [0.717, 1.165) is 5.56 Å². The highest BCUT2D eigenvalue weighted by atomic mass is 32.2. The summed E-state index contributed by atoms with van der Waals surface area (Å²) in [5, 5.41) is 5.83. The van der Waals surface area contributed by atoms with Crippen LogP contribution in [-0.4, -0.2) is 38.3 Å². The lowest BCUT2D eigenvalue weighted by Crippen LogP contribution is -2.31. The van der Waals surface area contributed by atoms with Crippen molar-refractivity contribution in [2.75, 3.05) is 25.0 Å². The van der Waals surface area contributed by atoms with E-state index in [0.29, 0.717) is 30.9 Å². The smallest absolute Gasteiger partial charge is 0.243 e. The number of hydrogen-bond donors (Lipinski definition) is 2. The van der Waals surface area contributed by atoms with Crippen molar-refractivity contribution in [1.29, 1.82) is 0 Å². The average molecular weight is 390 g/mol. The second-order valence-electron chi connectivity index (χ2n) is 6.19. The first kappa shape index (κ1) is 20.9. The average Bonchev–Trinajstić information content (AvgIpc) is 2.67. The number of anilines is 1. The van der Waals surface area contributed by atoms with Crippen molar-refractivity contribution in [3.63, 3.8) is 0 Å².